The van der Waals surface area contributed by atoms with Gasteiger partial charge in [-0.1, -0.05) is 30.3 Å². The van der Waals surface area contributed by atoms with Gasteiger partial charge in [-0.25, -0.2) is 0 Å². The van der Waals surface area contributed by atoms with Gasteiger partial charge in [0.15, 0.2) is 0 Å². The summed E-state index contributed by atoms with van der Waals surface area (Å²) < 4.78 is 4.76. The molecule has 0 amide bonds. The molecule has 0 saturated carbocycles. The molecule has 1 N–H and O–H groups in total. The minimum Gasteiger partial charge on any atom is -0.465 e. The summed E-state index contributed by atoms with van der Waals surface area (Å²) in [5.74, 6) is -0.348. The molecule has 1 aromatic rings. The molecule has 1 atom stereocenters. The van der Waals surface area contributed by atoms with Gasteiger partial charge in [-0.15, -0.1) is 0 Å². The van der Waals surface area contributed by atoms with Crippen molar-refractivity contribution in [1.82, 2.24) is 5.32 Å². The van der Waals surface area contributed by atoms with Gasteiger partial charge in [-0.05, 0) is 12.5 Å². The third-order valence-electron chi connectivity index (χ3n) is 2.02. The topological polar surface area (TPSA) is 62.1 Å². The number of carbonyl (C=O) groups is 1. The minimum atomic E-state index is -0.481. The molecular formula is C12H14N2O2. The zero-order valence-electron chi connectivity index (χ0n) is 9.14. The van der Waals surface area contributed by atoms with E-state index in [9.17, 15) is 4.79 Å². The third kappa shape index (κ3) is 3.71. The van der Waals surface area contributed by atoms with Crippen LogP contribution in [0.4, 0.5) is 0 Å². The fourth-order valence-corrected chi connectivity index (χ4v) is 1.28. The van der Waals surface area contributed by atoms with Gasteiger partial charge in [0, 0.05) is 0 Å². The number of benzene rings is 1. The molecule has 4 heteroatoms. The Morgan fingerprint density at radius 2 is 2.19 bits per heavy atom. The van der Waals surface area contributed by atoms with Crippen molar-refractivity contribution >= 4 is 5.97 Å². The fraction of sp³-hybridized carbons (Fsp3) is 0.333. The van der Waals surface area contributed by atoms with E-state index in [0.717, 1.165) is 5.56 Å². The molecule has 0 aliphatic carbocycles. The van der Waals surface area contributed by atoms with Gasteiger partial charge in [0.1, 0.15) is 6.04 Å². The quantitative estimate of drug-likeness (QED) is 0.759. The Bertz CT molecular complexity index is 370. The summed E-state index contributed by atoms with van der Waals surface area (Å²) in [4.78, 5) is 11.1. The Balaban J connectivity index is 2.51. The smallest absolute Gasteiger partial charge is 0.319 e. The van der Waals surface area contributed by atoms with Crippen LogP contribution in [0.25, 0.3) is 0 Å². The van der Waals surface area contributed by atoms with E-state index >= 15 is 0 Å². The highest BCUT2D eigenvalue weighted by molar-refractivity contribution is 5.71. The summed E-state index contributed by atoms with van der Waals surface area (Å²) in [6.45, 7) is 2.14. The summed E-state index contributed by atoms with van der Waals surface area (Å²) >= 11 is 0. The molecule has 0 aliphatic rings. The number of hydrogen-bond acceptors (Lipinski definition) is 4. The standard InChI is InChI=1S/C12H14N2O2/c1-2-16-12(15)9-14-11(8-13)10-6-4-3-5-7-10/h3-7,11,14H,2,9H2,1H3/t11-/m0/s1. The highest BCUT2D eigenvalue weighted by atomic mass is 16.5. The molecule has 16 heavy (non-hydrogen) atoms. The van der Waals surface area contributed by atoms with Gasteiger partial charge in [0.2, 0.25) is 0 Å². The van der Waals surface area contributed by atoms with Gasteiger partial charge in [-0.2, -0.15) is 5.26 Å². The number of rotatable bonds is 5. The highest BCUT2D eigenvalue weighted by Crippen LogP contribution is 2.10. The normalized spacial score (nSPS) is 11.5. The number of nitrogens with one attached hydrogen (secondary N) is 1. The van der Waals surface area contributed by atoms with E-state index in [1.807, 2.05) is 30.3 Å². The Hall–Kier alpha value is -1.86. The first kappa shape index (κ1) is 12.2. The van der Waals surface area contributed by atoms with Gasteiger partial charge in [0.25, 0.3) is 0 Å². The first-order valence-electron chi connectivity index (χ1n) is 5.11. The summed E-state index contributed by atoms with van der Waals surface area (Å²) in [6, 6.07) is 10.9. The third-order valence-corrected chi connectivity index (χ3v) is 2.02. The van der Waals surface area contributed by atoms with Crippen LogP contribution in [0, 0.1) is 11.3 Å². The van der Waals surface area contributed by atoms with Gasteiger partial charge < -0.3 is 4.74 Å². The Labute approximate surface area is 94.8 Å². The number of ether oxygens (including phenoxy) is 1. The van der Waals surface area contributed by atoms with Crippen molar-refractivity contribution in [1.29, 1.82) is 5.26 Å². The van der Waals surface area contributed by atoms with Gasteiger partial charge in [0.05, 0.1) is 19.2 Å². The molecule has 0 aliphatic heterocycles. The Morgan fingerprint density at radius 1 is 1.50 bits per heavy atom. The largest absolute Gasteiger partial charge is 0.465 e. The summed E-state index contributed by atoms with van der Waals surface area (Å²) in [5, 5.41) is 11.8. The maximum absolute atomic E-state index is 11.1. The summed E-state index contributed by atoms with van der Waals surface area (Å²) in [6.07, 6.45) is 0. The zero-order chi connectivity index (χ0) is 11.8. The zero-order valence-corrected chi connectivity index (χ0v) is 9.14. The molecular weight excluding hydrogens is 204 g/mol. The molecule has 0 spiro atoms. The van der Waals surface area contributed by atoms with E-state index in [-0.39, 0.29) is 12.5 Å². The molecule has 0 radical (unpaired) electrons. The van der Waals surface area contributed by atoms with Crippen molar-refractivity contribution in [2.75, 3.05) is 13.2 Å². The minimum absolute atomic E-state index is 0.0426. The molecule has 0 heterocycles. The second kappa shape index (κ2) is 6.59. The van der Waals surface area contributed by atoms with Crippen LogP contribution in [0.15, 0.2) is 30.3 Å². The Morgan fingerprint density at radius 3 is 2.75 bits per heavy atom. The average molecular weight is 218 g/mol. The van der Waals surface area contributed by atoms with Crippen molar-refractivity contribution < 1.29 is 9.53 Å². The maximum atomic E-state index is 11.1. The van der Waals surface area contributed by atoms with Gasteiger partial charge >= 0.3 is 5.97 Å². The lowest BCUT2D eigenvalue weighted by atomic mass is 10.1. The first-order chi connectivity index (χ1) is 7.77. The van der Waals surface area contributed by atoms with Gasteiger partial charge in [-0.3, -0.25) is 10.1 Å². The summed E-state index contributed by atoms with van der Waals surface area (Å²) in [5.41, 5.74) is 0.842. The predicted molar refractivity (Wildman–Crippen MR) is 59.4 cm³/mol. The first-order valence-corrected chi connectivity index (χ1v) is 5.11. The number of hydrogen-bond donors (Lipinski definition) is 1. The molecule has 4 nitrogen and oxygen atoms in total. The number of esters is 1. The fourth-order valence-electron chi connectivity index (χ4n) is 1.28. The monoisotopic (exact) mass is 218 g/mol. The van der Waals surface area contributed by atoms with E-state index in [1.54, 1.807) is 6.92 Å². The molecule has 0 unspecified atom stereocenters. The van der Waals surface area contributed by atoms with Crippen LogP contribution >= 0.6 is 0 Å². The van der Waals surface area contributed by atoms with E-state index in [4.69, 9.17) is 10.00 Å². The van der Waals surface area contributed by atoms with Crippen LogP contribution in [0.3, 0.4) is 0 Å². The number of carbonyl (C=O) groups excluding carboxylic acids is 1. The van der Waals surface area contributed by atoms with Crippen molar-refractivity contribution in [3.8, 4) is 6.07 Å². The van der Waals surface area contributed by atoms with Crippen molar-refractivity contribution in [2.45, 2.75) is 13.0 Å². The summed E-state index contributed by atoms with van der Waals surface area (Å²) in [7, 11) is 0. The van der Waals surface area contributed by atoms with E-state index in [0.29, 0.717) is 6.61 Å². The SMILES string of the molecule is CCOC(=O)CN[C@@H](C#N)c1ccccc1. The number of nitrogens with zero attached hydrogens (tertiary/aromatic N) is 1. The maximum Gasteiger partial charge on any atom is 0.319 e. The van der Waals surface area contributed by atoms with Crippen LogP contribution < -0.4 is 5.32 Å². The van der Waals surface area contributed by atoms with E-state index in [1.165, 1.54) is 0 Å². The van der Waals surface area contributed by atoms with Crippen molar-refractivity contribution in [3.63, 3.8) is 0 Å². The molecule has 0 aromatic heterocycles. The van der Waals surface area contributed by atoms with Crippen LogP contribution in [0.1, 0.15) is 18.5 Å². The Kier molecular flexibility index (Phi) is 5.03. The highest BCUT2D eigenvalue weighted by Gasteiger charge is 2.11. The lowest BCUT2D eigenvalue weighted by molar-refractivity contribution is -0.142. The van der Waals surface area contributed by atoms with Crippen molar-refractivity contribution in [2.24, 2.45) is 0 Å². The second-order valence-corrected chi connectivity index (χ2v) is 3.16. The van der Waals surface area contributed by atoms with Crippen molar-refractivity contribution in [3.05, 3.63) is 35.9 Å². The molecule has 0 saturated heterocycles. The molecule has 84 valence electrons. The molecule has 0 fully saturated rings. The van der Waals surface area contributed by atoms with Crippen LogP contribution in [0.5, 0.6) is 0 Å². The van der Waals surface area contributed by atoms with Crippen LogP contribution in [-0.2, 0) is 9.53 Å². The predicted octanol–water partition coefficient (Wildman–Crippen LogP) is 1.40. The van der Waals surface area contributed by atoms with Crippen LogP contribution in [-0.4, -0.2) is 19.1 Å². The second-order valence-electron chi connectivity index (χ2n) is 3.16. The lowest BCUT2D eigenvalue weighted by Crippen LogP contribution is -2.28. The number of nitriles is 1. The van der Waals surface area contributed by atoms with E-state index in [2.05, 4.69) is 11.4 Å². The molecule has 1 rings (SSSR count). The molecule has 0 bridgehead atoms. The molecule has 1 aromatic carbocycles. The lowest BCUT2D eigenvalue weighted by Gasteiger charge is -2.10. The average Bonchev–Trinajstić information content (AvgIpc) is 2.31. The van der Waals surface area contributed by atoms with Crippen LogP contribution in [0.2, 0.25) is 0 Å². The van der Waals surface area contributed by atoms with E-state index < -0.39 is 6.04 Å².